The number of rotatable bonds is 11. The quantitative estimate of drug-likeness (QED) is 0.417. The molecule has 33 heavy (non-hydrogen) atoms. The second-order valence-corrected chi connectivity index (χ2v) is 8.02. The van der Waals surface area contributed by atoms with E-state index in [9.17, 15) is 14.4 Å². The highest BCUT2D eigenvalue weighted by atomic mass is 16.5. The van der Waals surface area contributed by atoms with Gasteiger partial charge in [-0.3, -0.25) is 14.4 Å². The fraction of sp³-hybridized carbons (Fsp3) is 0.423. The Hall–Kier alpha value is -3.35. The molecule has 1 unspecified atom stereocenters. The van der Waals surface area contributed by atoms with E-state index in [0.717, 1.165) is 24.8 Å². The summed E-state index contributed by atoms with van der Waals surface area (Å²) in [7, 11) is 0. The number of hydrogen-bond acceptors (Lipinski definition) is 5. The molecule has 1 atom stereocenters. The number of hydrogen-bond donors (Lipinski definition) is 1. The third kappa shape index (κ3) is 7.07. The van der Waals surface area contributed by atoms with Gasteiger partial charge in [0.2, 0.25) is 5.91 Å². The van der Waals surface area contributed by atoms with E-state index in [1.807, 2.05) is 36.4 Å². The summed E-state index contributed by atoms with van der Waals surface area (Å²) in [5.74, 6) is -0.683. The Morgan fingerprint density at radius 3 is 2.58 bits per heavy atom. The first-order valence-electron chi connectivity index (χ1n) is 11.6. The summed E-state index contributed by atoms with van der Waals surface area (Å²) in [6.07, 6.45) is 3.44. The molecule has 2 aromatic rings. The van der Waals surface area contributed by atoms with Crippen molar-refractivity contribution in [2.45, 2.75) is 45.1 Å². The van der Waals surface area contributed by atoms with Gasteiger partial charge in [-0.05, 0) is 24.1 Å². The van der Waals surface area contributed by atoms with E-state index < -0.39 is 12.0 Å². The zero-order chi connectivity index (χ0) is 23.5. The summed E-state index contributed by atoms with van der Waals surface area (Å²) in [6, 6.07) is 15.8. The van der Waals surface area contributed by atoms with E-state index in [0.29, 0.717) is 37.4 Å². The number of nitrogens with zero attached hydrogens (tertiary/aromatic N) is 1. The number of nitrogens with one attached hydrogen (secondary N) is 1. The van der Waals surface area contributed by atoms with E-state index in [-0.39, 0.29) is 24.8 Å². The topological polar surface area (TPSA) is 84.9 Å². The molecule has 1 fully saturated rings. The number of amides is 2. The van der Waals surface area contributed by atoms with Crippen LogP contribution in [0, 0.1) is 0 Å². The Kier molecular flexibility index (Phi) is 9.30. The van der Waals surface area contributed by atoms with Gasteiger partial charge in [-0.15, -0.1) is 0 Å². The zero-order valence-corrected chi connectivity index (χ0v) is 19.1. The van der Waals surface area contributed by atoms with Crippen molar-refractivity contribution in [3.63, 3.8) is 0 Å². The molecule has 1 aliphatic rings. The fourth-order valence-corrected chi connectivity index (χ4v) is 3.76. The lowest BCUT2D eigenvalue weighted by Gasteiger charge is -2.34. The largest absolute Gasteiger partial charge is 0.493 e. The molecule has 0 aliphatic carbocycles. The van der Waals surface area contributed by atoms with Crippen molar-refractivity contribution in [3.8, 4) is 5.75 Å². The summed E-state index contributed by atoms with van der Waals surface area (Å²) in [6.45, 7) is 3.52. The van der Waals surface area contributed by atoms with Crippen molar-refractivity contribution < 1.29 is 23.9 Å². The van der Waals surface area contributed by atoms with Gasteiger partial charge < -0.3 is 19.7 Å². The van der Waals surface area contributed by atoms with Crippen LogP contribution in [-0.4, -0.2) is 55.0 Å². The molecular formula is C26H32N2O5. The first-order chi connectivity index (χ1) is 16.1. The molecule has 1 heterocycles. The second-order valence-electron chi connectivity index (χ2n) is 8.02. The maximum absolute atomic E-state index is 13.4. The van der Waals surface area contributed by atoms with Gasteiger partial charge in [0.05, 0.1) is 25.2 Å². The Morgan fingerprint density at radius 1 is 1.03 bits per heavy atom. The molecule has 7 heteroatoms. The average molecular weight is 453 g/mol. The van der Waals surface area contributed by atoms with Gasteiger partial charge in [0.25, 0.3) is 5.91 Å². The van der Waals surface area contributed by atoms with E-state index in [1.165, 1.54) is 4.90 Å². The maximum atomic E-state index is 13.4. The first kappa shape index (κ1) is 24.3. The Morgan fingerprint density at radius 2 is 1.79 bits per heavy atom. The third-order valence-corrected chi connectivity index (χ3v) is 5.57. The van der Waals surface area contributed by atoms with Crippen LogP contribution in [0.25, 0.3) is 0 Å². The maximum Gasteiger partial charge on any atom is 0.308 e. The summed E-state index contributed by atoms with van der Waals surface area (Å²) < 4.78 is 11.2. The highest BCUT2D eigenvalue weighted by molar-refractivity contribution is 6.01. The third-order valence-electron chi connectivity index (χ3n) is 5.57. The SMILES string of the molecule is CCCCCOc1ccccc1C(=O)N1CCNC(=O)C1CC(=O)OCCc1ccccc1. The molecule has 1 saturated heterocycles. The molecule has 1 aliphatic heterocycles. The molecule has 1 N–H and O–H groups in total. The fourth-order valence-electron chi connectivity index (χ4n) is 3.76. The minimum atomic E-state index is -0.913. The molecule has 0 aromatic heterocycles. The van der Waals surface area contributed by atoms with Gasteiger partial charge in [-0.25, -0.2) is 0 Å². The molecule has 2 aromatic carbocycles. The van der Waals surface area contributed by atoms with Crippen LogP contribution in [0.3, 0.4) is 0 Å². The van der Waals surface area contributed by atoms with E-state index in [4.69, 9.17) is 9.47 Å². The van der Waals surface area contributed by atoms with Crippen molar-refractivity contribution >= 4 is 17.8 Å². The number of carbonyl (C=O) groups is 3. The number of ether oxygens (including phenoxy) is 2. The normalized spacial score (nSPS) is 15.6. The van der Waals surface area contributed by atoms with Crippen LogP contribution in [0.15, 0.2) is 54.6 Å². The van der Waals surface area contributed by atoms with Gasteiger partial charge in [0, 0.05) is 19.5 Å². The van der Waals surface area contributed by atoms with Crippen molar-refractivity contribution in [1.29, 1.82) is 0 Å². The van der Waals surface area contributed by atoms with E-state index in [2.05, 4.69) is 12.2 Å². The van der Waals surface area contributed by atoms with Gasteiger partial charge in [0.15, 0.2) is 0 Å². The van der Waals surface area contributed by atoms with E-state index in [1.54, 1.807) is 18.2 Å². The van der Waals surface area contributed by atoms with Gasteiger partial charge in [-0.1, -0.05) is 62.2 Å². The van der Waals surface area contributed by atoms with Crippen molar-refractivity contribution in [1.82, 2.24) is 10.2 Å². The van der Waals surface area contributed by atoms with Crippen LogP contribution in [0.4, 0.5) is 0 Å². The van der Waals surface area contributed by atoms with Crippen LogP contribution in [0.2, 0.25) is 0 Å². The zero-order valence-electron chi connectivity index (χ0n) is 19.1. The van der Waals surface area contributed by atoms with Gasteiger partial charge >= 0.3 is 5.97 Å². The van der Waals surface area contributed by atoms with Crippen LogP contribution >= 0.6 is 0 Å². The lowest BCUT2D eigenvalue weighted by Crippen LogP contribution is -2.57. The van der Waals surface area contributed by atoms with Crippen molar-refractivity contribution in [2.24, 2.45) is 0 Å². The highest BCUT2D eigenvalue weighted by Crippen LogP contribution is 2.23. The van der Waals surface area contributed by atoms with Crippen LogP contribution in [-0.2, 0) is 20.7 Å². The molecule has 0 bridgehead atoms. The molecule has 176 valence electrons. The average Bonchev–Trinajstić information content (AvgIpc) is 2.83. The van der Waals surface area contributed by atoms with Gasteiger partial charge in [-0.2, -0.15) is 0 Å². The number of carbonyl (C=O) groups excluding carboxylic acids is 3. The minimum absolute atomic E-state index is 0.189. The van der Waals surface area contributed by atoms with Crippen LogP contribution in [0.1, 0.15) is 48.5 Å². The summed E-state index contributed by atoms with van der Waals surface area (Å²) in [5, 5.41) is 2.75. The summed E-state index contributed by atoms with van der Waals surface area (Å²) in [5.41, 5.74) is 1.46. The minimum Gasteiger partial charge on any atom is -0.493 e. The molecule has 3 rings (SSSR count). The Balaban J connectivity index is 1.63. The molecule has 0 spiro atoms. The summed E-state index contributed by atoms with van der Waals surface area (Å²) >= 11 is 0. The number of benzene rings is 2. The van der Waals surface area contributed by atoms with Crippen LogP contribution in [0.5, 0.6) is 5.75 Å². The number of unbranched alkanes of at least 4 members (excludes halogenated alkanes) is 2. The predicted molar refractivity (Wildman–Crippen MR) is 125 cm³/mol. The molecule has 0 saturated carbocycles. The van der Waals surface area contributed by atoms with Crippen LogP contribution < -0.4 is 10.1 Å². The molecule has 0 radical (unpaired) electrons. The van der Waals surface area contributed by atoms with Crippen molar-refractivity contribution in [3.05, 3.63) is 65.7 Å². The Labute approximate surface area is 195 Å². The van der Waals surface area contributed by atoms with E-state index >= 15 is 0 Å². The Bertz CT molecular complexity index is 931. The lowest BCUT2D eigenvalue weighted by molar-refractivity contribution is -0.147. The lowest BCUT2D eigenvalue weighted by atomic mass is 10.1. The predicted octanol–water partition coefficient (Wildman–Crippen LogP) is 3.37. The first-order valence-corrected chi connectivity index (χ1v) is 11.6. The van der Waals surface area contributed by atoms with Gasteiger partial charge in [0.1, 0.15) is 11.8 Å². The number of esters is 1. The standard InChI is InChI=1S/C26H32N2O5/c1-2-3-9-17-32-23-13-8-7-12-21(23)26(31)28-16-15-27-25(30)22(28)19-24(29)33-18-14-20-10-5-4-6-11-20/h4-8,10-13,22H,2-3,9,14-19H2,1H3,(H,27,30). The molecule has 2 amide bonds. The summed E-state index contributed by atoms with van der Waals surface area (Å²) in [4.78, 5) is 39.8. The molecular weight excluding hydrogens is 420 g/mol. The second kappa shape index (κ2) is 12.6. The van der Waals surface area contributed by atoms with Crippen molar-refractivity contribution in [2.75, 3.05) is 26.3 Å². The monoisotopic (exact) mass is 452 g/mol. The number of para-hydroxylation sites is 1. The molecule has 7 nitrogen and oxygen atoms in total. The smallest absolute Gasteiger partial charge is 0.308 e. The highest BCUT2D eigenvalue weighted by Gasteiger charge is 2.36. The number of piperazine rings is 1.